The van der Waals surface area contributed by atoms with Gasteiger partial charge in [0.1, 0.15) is 5.60 Å². The van der Waals surface area contributed by atoms with E-state index in [1.165, 1.54) is 0 Å². The minimum Gasteiger partial charge on any atom is -0.460 e. The zero-order valence-corrected chi connectivity index (χ0v) is 14.4. The molecule has 4 N–H and O–H groups in total. The summed E-state index contributed by atoms with van der Waals surface area (Å²) < 4.78 is 5.43. The monoisotopic (exact) mass is 327 g/mol. The zero-order chi connectivity index (χ0) is 17.5. The van der Waals surface area contributed by atoms with E-state index in [0.29, 0.717) is 13.0 Å². The Hall–Kier alpha value is -1.63. The second-order valence-electron chi connectivity index (χ2n) is 7.19. The maximum absolute atomic E-state index is 12.2. The fraction of sp³-hybridized carbons (Fsp3) is 0.812. The molecular weight excluding hydrogens is 298 g/mol. The smallest absolute Gasteiger partial charge is 0.318 e. The van der Waals surface area contributed by atoms with Crippen LogP contribution in [0.1, 0.15) is 65.7 Å². The number of urea groups is 1. The summed E-state index contributed by atoms with van der Waals surface area (Å²) in [5.74, 6) is -0.651. The molecule has 3 amide bonds. The maximum atomic E-state index is 12.2. The Kier molecular flexibility index (Phi) is 7.00. The van der Waals surface area contributed by atoms with E-state index in [1.807, 2.05) is 26.1 Å². The summed E-state index contributed by atoms with van der Waals surface area (Å²) in [6, 6.07) is -0.851. The lowest BCUT2D eigenvalue weighted by atomic mass is 9.79. The molecule has 7 heteroatoms. The number of imide groups is 1. The lowest BCUT2D eigenvalue weighted by Crippen LogP contribution is -2.50. The molecule has 0 aromatic rings. The molecule has 23 heavy (non-hydrogen) atoms. The van der Waals surface area contributed by atoms with Gasteiger partial charge in [0, 0.05) is 18.5 Å². The first-order chi connectivity index (χ1) is 10.6. The van der Waals surface area contributed by atoms with E-state index >= 15 is 0 Å². The second kappa shape index (κ2) is 8.29. The van der Waals surface area contributed by atoms with Crippen LogP contribution < -0.4 is 16.4 Å². The molecule has 1 fully saturated rings. The molecule has 0 radical (unpaired) electrons. The minimum atomic E-state index is -0.851. The first kappa shape index (κ1) is 19.4. The predicted octanol–water partition coefficient (Wildman–Crippen LogP) is 1.60. The van der Waals surface area contributed by atoms with Gasteiger partial charge in [-0.15, -0.1) is 0 Å². The van der Waals surface area contributed by atoms with Crippen molar-refractivity contribution in [3.05, 3.63) is 0 Å². The van der Waals surface area contributed by atoms with Crippen molar-refractivity contribution in [2.24, 2.45) is 5.73 Å². The Balaban J connectivity index is 2.55. The molecule has 0 aromatic carbocycles. The predicted molar refractivity (Wildman–Crippen MR) is 86.6 cm³/mol. The van der Waals surface area contributed by atoms with Crippen LogP contribution in [-0.4, -0.2) is 35.6 Å². The number of nitrogens with two attached hydrogens (primary N) is 1. The standard InChI is InChI=1S/C16H29N3O4/c1-15(2,3)23-13(21)11-16(8-5-4-6-9-16)18-10-7-12(20)19-14(17)22/h18H,4-11H2,1-3H3,(H3,17,19,20,22). The van der Waals surface area contributed by atoms with Crippen molar-refractivity contribution in [2.45, 2.75) is 76.9 Å². The van der Waals surface area contributed by atoms with Crippen LogP contribution in [0.2, 0.25) is 0 Å². The number of rotatable bonds is 6. The third-order valence-corrected chi connectivity index (χ3v) is 3.83. The number of nitrogens with one attached hydrogen (secondary N) is 2. The molecule has 7 nitrogen and oxygen atoms in total. The molecule has 0 saturated heterocycles. The van der Waals surface area contributed by atoms with E-state index in [4.69, 9.17) is 10.5 Å². The highest BCUT2D eigenvalue weighted by Crippen LogP contribution is 2.32. The van der Waals surface area contributed by atoms with Gasteiger partial charge in [-0.1, -0.05) is 19.3 Å². The number of carbonyl (C=O) groups is 3. The second-order valence-corrected chi connectivity index (χ2v) is 7.19. The number of carbonyl (C=O) groups excluding carboxylic acids is 3. The Bertz CT molecular complexity index is 437. The van der Waals surface area contributed by atoms with E-state index in [1.54, 1.807) is 0 Å². The van der Waals surface area contributed by atoms with Gasteiger partial charge >= 0.3 is 12.0 Å². The van der Waals surface area contributed by atoms with Crippen LogP contribution in [0, 0.1) is 0 Å². The van der Waals surface area contributed by atoms with Gasteiger partial charge in [0.25, 0.3) is 0 Å². The van der Waals surface area contributed by atoms with Gasteiger partial charge in [-0.2, -0.15) is 0 Å². The van der Waals surface area contributed by atoms with Crippen molar-refractivity contribution in [2.75, 3.05) is 6.54 Å². The third-order valence-electron chi connectivity index (χ3n) is 3.83. The number of hydrogen-bond donors (Lipinski definition) is 3. The molecule has 1 aliphatic carbocycles. The quantitative estimate of drug-likeness (QED) is 0.642. The molecule has 0 atom stereocenters. The van der Waals surface area contributed by atoms with Crippen molar-refractivity contribution in [1.29, 1.82) is 0 Å². The van der Waals surface area contributed by atoms with Crippen LogP contribution in [0.4, 0.5) is 4.79 Å². The third kappa shape index (κ3) is 7.97. The number of ether oxygens (including phenoxy) is 1. The summed E-state index contributed by atoms with van der Waals surface area (Å²) in [5.41, 5.74) is 4.07. The largest absolute Gasteiger partial charge is 0.460 e. The summed E-state index contributed by atoms with van der Waals surface area (Å²) >= 11 is 0. The van der Waals surface area contributed by atoms with Crippen molar-refractivity contribution in [3.8, 4) is 0 Å². The lowest BCUT2D eigenvalue weighted by molar-refractivity contribution is -0.157. The minimum absolute atomic E-state index is 0.138. The molecule has 0 aliphatic heterocycles. The van der Waals surface area contributed by atoms with Crippen molar-refractivity contribution < 1.29 is 19.1 Å². The SMILES string of the molecule is CC(C)(C)OC(=O)CC1(NCCC(=O)NC(N)=O)CCCCC1. The van der Waals surface area contributed by atoms with Crippen LogP contribution in [0.3, 0.4) is 0 Å². The molecule has 132 valence electrons. The average molecular weight is 327 g/mol. The Morgan fingerprint density at radius 3 is 2.26 bits per heavy atom. The topological polar surface area (TPSA) is 111 Å². The molecular formula is C16H29N3O4. The number of hydrogen-bond acceptors (Lipinski definition) is 5. The van der Waals surface area contributed by atoms with Gasteiger partial charge in [0.2, 0.25) is 5.91 Å². The number of primary amides is 1. The van der Waals surface area contributed by atoms with E-state index in [2.05, 4.69) is 5.32 Å². The fourth-order valence-electron chi connectivity index (χ4n) is 2.94. The van der Waals surface area contributed by atoms with E-state index in [0.717, 1.165) is 32.1 Å². The molecule has 0 spiro atoms. The summed E-state index contributed by atoms with van der Waals surface area (Å²) in [6.45, 7) is 5.93. The van der Waals surface area contributed by atoms with Gasteiger partial charge in [-0.3, -0.25) is 14.9 Å². The molecule has 1 rings (SSSR count). The number of amides is 3. The van der Waals surface area contributed by atoms with Gasteiger partial charge in [-0.05, 0) is 33.6 Å². The highest BCUT2D eigenvalue weighted by molar-refractivity contribution is 5.93. The van der Waals surface area contributed by atoms with Crippen LogP contribution in [0.15, 0.2) is 0 Å². The zero-order valence-electron chi connectivity index (χ0n) is 14.4. The van der Waals surface area contributed by atoms with Crippen molar-refractivity contribution in [3.63, 3.8) is 0 Å². The first-order valence-electron chi connectivity index (χ1n) is 8.18. The summed E-state index contributed by atoms with van der Waals surface area (Å²) in [5, 5.41) is 5.38. The van der Waals surface area contributed by atoms with Gasteiger partial charge in [0.15, 0.2) is 0 Å². The average Bonchev–Trinajstić information content (AvgIpc) is 2.36. The van der Waals surface area contributed by atoms with Crippen molar-refractivity contribution >= 4 is 17.9 Å². The van der Waals surface area contributed by atoms with Crippen LogP contribution in [-0.2, 0) is 14.3 Å². The summed E-state index contributed by atoms with van der Waals surface area (Å²) in [7, 11) is 0. The van der Waals surface area contributed by atoms with Gasteiger partial charge in [-0.25, -0.2) is 4.79 Å². The lowest BCUT2D eigenvalue weighted by Gasteiger charge is -2.38. The Labute approximate surface area is 137 Å². The highest BCUT2D eigenvalue weighted by atomic mass is 16.6. The van der Waals surface area contributed by atoms with Crippen molar-refractivity contribution in [1.82, 2.24) is 10.6 Å². The highest BCUT2D eigenvalue weighted by Gasteiger charge is 2.35. The van der Waals surface area contributed by atoms with E-state index < -0.39 is 17.5 Å². The normalized spacial score (nSPS) is 17.3. The Morgan fingerprint density at radius 2 is 1.74 bits per heavy atom. The molecule has 0 heterocycles. The molecule has 0 unspecified atom stereocenters. The molecule has 0 bridgehead atoms. The molecule has 1 aliphatic rings. The fourth-order valence-corrected chi connectivity index (χ4v) is 2.94. The molecule has 1 saturated carbocycles. The summed E-state index contributed by atoms with van der Waals surface area (Å²) in [4.78, 5) is 34.3. The van der Waals surface area contributed by atoms with Crippen LogP contribution >= 0.6 is 0 Å². The Morgan fingerprint density at radius 1 is 1.13 bits per heavy atom. The van der Waals surface area contributed by atoms with E-state index in [9.17, 15) is 14.4 Å². The first-order valence-corrected chi connectivity index (χ1v) is 8.18. The summed E-state index contributed by atoms with van der Waals surface area (Å²) in [6.07, 6.45) is 5.43. The number of esters is 1. The van der Waals surface area contributed by atoms with E-state index in [-0.39, 0.29) is 17.9 Å². The van der Waals surface area contributed by atoms with Gasteiger partial charge < -0.3 is 15.8 Å². The maximum Gasteiger partial charge on any atom is 0.318 e. The van der Waals surface area contributed by atoms with Crippen LogP contribution in [0.5, 0.6) is 0 Å². The molecule has 0 aromatic heterocycles. The van der Waals surface area contributed by atoms with Gasteiger partial charge in [0.05, 0.1) is 6.42 Å². The van der Waals surface area contributed by atoms with Crippen LogP contribution in [0.25, 0.3) is 0 Å².